The Bertz CT molecular complexity index is 548. The molecule has 0 heterocycles. The van der Waals surface area contributed by atoms with E-state index in [1.165, 1.54) is 35.1 Å². The lowest BCUT2D eigenvalue weighted by molar-refractivity contribution is -0.116. The summed E-state index contributed by atoms with van der Waals surface area (Å²) in [6, 6.07) is 0. The highest BCUT2D eigenvalue weighted by Gasteiger charge is 2.10. The fraction of sp³-hybridized carbons (Fsp3) is 0.733. The molecule has 0 aliphatic rings. The number of ether oxygens (including phenoxy) is 2. The van der Waals surface area contributed by atoms with Crippen molar-refractivity contribution < 1.29 is 9.47 Å². The summed E-state index contributed by atoms with van der Waals surface area (Å²) in [4.78, 5) is 0. The average molecular weight is 447 g/mol. The minimum absolute atomic E-state index is 0.225. The Morgan fingerprint density at radius 2 is 1.00 bits per heavy atom. The molecule has 0 aromatic rings. The van der Waals surface area contributed by atoms with Crippen molar-refractivity contribution in [3.8, 4) is 0 Å². The van der Waals surface area contributed by atoms with Crippen LogP contribution in [0.2, 0.25) is 0 Å². The predicted octanol–water partition coefficient (Wildman–Crippen LogP) is 9.58. The molecule has 0 radical (unpaired) electrons. The second-order valence-corrected chi connectivity index (χ2v) is 10.4. The number of hydrogen-bond donors (Lipinski definition) is 0. The van der Waals surface area contributed by atoms with E-state index in [1.807, 2.05) is 0 Å². The van der Waals surface area contributed by atoms with E-state index in [4.69, 9.17) is 9.47 Å². The Hall–Kier alpha value is -1.12. The van der Waals surface area contributed by atoms with E-state index in [1.54, 1.807) is 0 Å². The lowest BCUT2D eigenvalue weighted by Gasteiger charge is -2.19. The van der Waals surface area contributed by atoms with E-state index in [0.29, 0.717) is 11.8 Å². The van der Waals surface area contributed by atoms with Crippen LogP contribution in [0.5, 0.6) is 0 Å². The molecule has 0 aromatic carbocycles. The molecule has 0 N–H and O–H groups in total. The summed E-state index contributed by atoms with van der Waals surface area (Å²) in [7, 11) is 0. The van der Waals surface area contributed by atoms with Gasteiger partial charge in [0.05, 0.1) is 13.2 Å². The van der Waals surface area contributed by atoms with Crippen LogP contribution in [0.1, 0.15) is 114 Å². The fourth-order valence-corrected chi connectivity index (χ4v) is 3.42. The van der Waals surface area contributed by atoms with E-state index >= 15 is 0 Å². The van der Waals surface area contributed by atoms with E-state index in [-0.39, 0.29) is 6.29 Å². The molecule has 0 amide bonds. The molecule has 0 saturated heterocycles. The highest BCUT2D eigenvalue weighted by molar-refractivity contribution is 5.03. The maximum Gasteiger partial charge on any atom is 0.177 e. The molecule has 0 aliphatic heterocycles. The van der Waals surface area contributed by atoms with Gasteiger partial charge < -0.3 is 9.47 Å². The summed E-state index contributed by atoms with van der Waals surface area (Å²) in [5, 5.41) is 0. The topological polar surface area (TPSA) is 18.5 Å². The number of allylic oxidation sites excluding steroid dienone is 7. The van der Waals surface area contributed by atoms with Crippen LogP contribution >= 0.6 is 0 Å². The van der Waals surface area contributed by atoms with Crippen molar-refractivity contribution in [1.29, 1.82) is 0 Å². The maximum atomic E-state index is 6.19. The van der Waals surface area contributed by atoms with Crippen molar-refractivity contribution in [3.63, 3.8) is 0 Å². The Kier molecular flexibility index (Phi) is 18.7. The predicted molar refractivity (Wildman–Crippen MR) is 143 cm³/mol. The lowest BCUT2D eigenvalue weighted by atomic mass is 10.0. The molecule has 2 unspecified atom stereocenters. The quantitative estimate of drug-likeness (QED) is 0.154. The Morgan fingerprint density at radius 1 is 0.594 bits per heavy atom. The molecule has 0 aromatic heterocycles. The first-order valence-electron chi connectivity index (χ1n) is 12.9. The summed E-state index contributed by atoms with van der Waals surface area (Å²) in [6.07, 6.45) is 18.0. The van der Waals surface area contributed by atoms with Crippen LogP contribution < -0.4 is 0 Å². The maximum absolute atomic E-state index is 6.19. The van der Waals surface area contributed by atoms with Crippen LogP contribution in [0.15, 0.2) is 46.6 Å². The Morgan fingerprint density at radius 3 is 1.41 bits per heavy atom. The second-order valence-electron chi connectivity index (χ2n) is 10.4. The highest BCUT2D eigenvalue weighted by atomic mass is 16.7. The first kappa shape index (κ1) is 30.9. The van der Waals surface area contributed by atoms with Crippen LogP contribution in [0, 0.1) is 11.8 Å². The second kappa shape index (κ2) is 19.4. The minimum atomic E-state index is -0.225. The standard InChI is InChI=1S/C30H54O2/c1-24(2)13-10-16-27(7)19-21-31-30(23-29(9)18-12-15-26(5)6)32-22-20-28(8)17-11-14-25(3)4/h13-15,23,27-28,30H,10-12,16-22H2,1-9H3/b29-23-. The van der Waals surface area contributed by atoms with Crippen molar-refractivity contribution in [2.24, 2.45) is 11.8 Å². The molecule has 0 aliphatic carbocycles. The molecule has 186 valence electrons. The summed E-state index contributed by atoms with van der Waals surface area (Å²) >= 11 is 0. The SMILES string of the molecule is CC(C)=CCC/C(C)=C\C(OCCC(C)CCC=C(C)C)OCCC(C)CCC=C(C)C. The van der Waals surface area contributed by atoms with Gasteiger partial charge in [-0.05, 0) is 118 Å². The molecular formula is C30H54O2. The molecule has 0 saturated carbocycles. The zero-order chi connectivity index (χ0) is 24.4. The largest absolute Gasteiger partial charge is 0.349 e. The molecule has 0 spiro atoms. The van der Waals surface area contributed by atoms with E-state index in [0.717, 1.165) is 51.7 Å². The molecule has 0 fully saturated rings. The van der Waals surface area contributed by atoms with Crippen molar-refractivity contribution in [3.05, 3.63) is 46.6 Å². The molecule has 2 heteroatoms. The third-order valence-corrected chi connectivity index (χ3v) is 5.72. The first-order chi connectivity index (χ1) is 15.1. The van der Waals surface area contributed by atoms with Gasteiger partial charge in [-0.25, -0.2) is 0 Å². The summed E-state index contributed by atoms with van der Waals surface area (Å²) in [6.45, 7) is 21.4. The summed E-state index contributed by atoms with van der Waals surface area (Å²) in [5.41, 5.74) is 5.54. The van der Waals surface area contributed by atoms with E-state index in [9.17, 15) is 0 Å². The highest BCUT2D eigenvalue weighted by Crippen LogP contribution is 2.16. The summed E-state index contributed by atoms with van der Waals surface area (Å²) < 4.78 is 12.4. The van der Waals surface area contributed by atoms with Gasteiger partial charge in [-0.3, -0.25) is 0 Å². The van der Waals surface area contributed by atoms with E-state index < -0.39 is 0 Å². The zero-order valence-corrected chi connectivity index (χ0v) is 22.9. The first-order valence-corrected chi connectivity index (χ1v) is 12.9. The lowest BCUT2D eigenvalue weighted by Crippen LogP contribution is -2.19. The molecule has 2 nitrogen and oxygen atoms in total. The van der Waals surface area contributed by atoms with Crippen LogP contribution in [0.4, 0.5) is 0 Å². The van der Waals surface area contributed by atoms with Crippen molar-refractivity contribution >= 4 is 0 Å². The molecule has 0 bridgehead atoms. The van der Waals surface area contributed by atoms with Gasteiger partial charge in [-0.15, -0.1) is 0 Å². The fourth-order valence-electron chi connectivity index (χ4n) is 3.42. The van der Waals surface area contributed by atoms with Gasteiger partial charge in [0.25, 0.3) is 0 Å². The zero-order valence-electron chi connectivity index (χ0n) is 22.9. The number of hydrogen-bond acceptors (Lipinski definition) is 2. The van der Waals surface area contributed by atoms with E-state index in [2.05, 4.69) is 86.6 Å². The molecular weight excluding hydrogens is 392 g/mol. The Balaban J connectivity index is 4.60. The van der Waals surface area contributed by atoms with Crippen LogP contribution in [0.3, 0.4) is 0 Å². The van der Waals surface area contributed by atoms with Gasteiger partial charge in [-0.2, -0.15) is 0 Å². The van der Waals surface area contributed by atoms with Crippen LogP contribution in [0.25, 0.3) is 0 Å². The van der Waals surface area contributed by atoms with Gasteiger partial charge in [0.15, 0.2) is 6.29 Å². The molecule has 32 heavy (non-hydrogen) atoms. The van der Waals surface area contributed by atoms with Gasteiger partial charge in [0, 0.05) is 0 Å². The third kappa shape index (κ3) is 20.8. The third-order valence-electron chi connectivity index (χ3n) is 5.72. The minimum Gasteiger partial charge on any atom is -0.349 e. The van der Waals surface area contributed by atoms with Crippen molar-refractivity contribution in [2.45, 2.75) is 120 Å². The smallest absolute Gasteiger partial charge is 0.177 e. The van der Waals surface area contributed by atoms with Crippen LogP contribution in [-0.2, 0) is 9.47 Å². The molecule has 0 rings (SSSR count). The Labute approximate surface area is 201 Å². The monoisotopic (exact) mass is 446 g/mol. The van der Waals surface area contributed by atoms with Crippen molar-refractivity contribution in [1.82, 2.24) is 0 Å². The molecule has 2 atom stereocenters. The average Bonchev–Trinajstić information content (AvgIpc) is 2.66. The van der Waals surface area contributed by atoms with Gasteiger partial charge >= 0.3 is 0 Å². The summed E-state index contributed by atoms with van der Waals surface area (Å²) in [5.74, 6) is 1.34. The normalized spacial score (nSPS) is 14.5. The number of rotatable bonds is 18. The van der Waals surface area contributed by atoms with Crippen LogP contribution in [-0.4, -0.2) is 19.5 Å². The van der Waals surface area contributed by atoms with Crippen molar-refractivity contribution in [2.75, 3.05) is 13.2 Å². The van der Waals surface area contributed by atoms with Gasteiger partial charge in [-0.1, -0.05) is 54.4 Å². The van der Waals surface area contributed by atoms with Gasteiger partial charge in [0.1, 0.15) is 0 Å². The van der Waals surface area contributed by atoms with Gasteiger partial charge in [0.2, 0.25) is 0 Å².